The van der Waals surface area contributed by atoms with Crippen LogP contribution in [0.5, 0.6) is 0 Å². The number of carboxylic acids is 1. The number of rotatable bonds is 2. The van der Waals surface area contributed by atoms with Crippen molar-refractivity contribution in [3.63, 3.8) is 0 Å². The summed E-state index contributed by atoms with van der Waals surface area (Å²) in [6.45, 7) is 4.32. The van der Waals surface area contributed by atoms with Crippen molar-refractivity contribution < 1.29 is 9.90 Å². The summed E-state index contributed by atoms with van der Waals surface area (Å²) >= 11 is 0. The van der Waals surface area contributed by atoms with E-state index in [2.05, 4.69) is 4.90 Å². The number of hydrogen-bond donors (Lipinski definition) is 1. The lowest BCUT2D eigenvalue weighted by atomic mass is 9.66. The van der Waals surface area contributed by atoms with E-state index in [9.17, 15) is 9.90 Å². The van der Waals surface area contributed by atoms with Crippen molar-refractivity contribution in [3.8, 4) is 0 Å². The van der Waals surface area contributed by atoms with Crippen LogP contribution in [-0.2, 0) is 4.79 Å². The minimum atomic E-state index is -0.580. The van der Waals surface area contributed by atoms with E-state index in [0.717, 1.165) is 19.3 Å². The maximum Gasteiger partial charge on any atom is 0.310 e. The molecule has 1 saturated heterocycles. The molecule has 3 nitrogen and oxygen atoms in total. The molecule has 0 amide bonds. The molecule has 1 aliphatic heterocycles. The first-order chi connectivity index (χ1) is 9.56. The van der Waals surface area contributed by atoms with Crippen LogP contribution in [-0.4, -0.2) is 35.1 Å². The molecular formula is C17H29NO2. The summed E-state index contributed by atoms with van der Waals surface area (Å²) in [5, 5.41) is 9.66. The van der Waals surface area contributed by atoms with E-state index >= 15 is 0 Å². The normalized spacial score (nSPS) is 38.1. The van der Waals surface area contributed by atoms with Crippen LogP contribution in [0.2, 0.25) is 0 Å². The van der Waals surface area contributed by atoms with Gasteiger partial charge in [0.05, 0.1) is 5.41 Å². The average molecular weight is 279 g/mol. The van der Waals surface area contributed by atoms with Gasteiger partial charge >= 0.3 is 5.97 Å². The highest BCUT2D eigenvalue weighted by atomic mass is 16.4. The predicted octanol–water partition coefficient (Wildman–Crippen LogP) is 3.68. The van der Waals surface area contributed by atoms with Gasteiger partial charge in [0, 0.05) is 19.1 Å². The number of nitrogens with zero attached hydrogens (tertiary/aromatic N) is 1. The molecule has 3 aliphatic rings. The van der Waals surface area contributed by atoms with Gasteiger partial charge < -0.3 is 5.11 Å². The summed E-state index contributed by atoms with van der Waals surface area (Å²) in [6.07, 6.45) is 12.5. The molecule has 0 aromatic carbocycles. The van der Waals surface area contributed by atoms with Crippen LogP contribution >= 0.6 is 0 Å². The Hall–Kier alpha value is -0.570. The smallest absolute Gasteiger partial charge is 0.310 e. The van der Waals surface area contributed by atoms with Gasteiger partial charge in [-0.05, 0) is 38.0 Å². The first-order valence-electron chi connectivity index (χ1n) is 8.53. The number of likely N-dealkylation sites (tertiary alicyclic amines) is 1. The van der Waals surface area contributed by atoms with Crippen LogP contribution in [0.1, 0.15) is 71.1 Å². The number of hydrogen-bond acceptors (Lipinski definition) is 2. The molecule has 1 heterocycles. The highest BCUT2D eigenvalue weighted by Crippen LogP contribution is 2.48. The van der Waals surface area contributed by atoms with Crippen molar-refractivity contribution in [2.75, 3.05) is 13.1 Å². The molecular weight excluding hydrogens is 250 g/mol. The molecule has 20 heavy (non-hydrogen) atoms. The fourth-order valence-corrected chi connectivity index (χ4v) is 4.98. The monoisotopic (exact) mass is 279 g/mol. The number of carboxylic acid groups (broad SMARTS) is 1. The molecule has 2 saturated carbocycles. The van der Waals surface area contributed by atoms with Crippen molar-refractivity contribution in [1.29, 1.82) is 0 Å². The fourth-order valence-electron chi connectivity index (χ4n) is 4.98. The Labute approximate surface area is 122 Å². The molecule has 1 N–H and O–H groups in total. The summed E-state index contributed by atoms with van der Waals surface area (Å²) < 4.78 is 0. The maximum atomic E-state index is 11.7. The first kappa shape index (κ1) is 14.4. The Kier molecular flexibility index (Phi) is 3.83. The molecule has 3 heteroatoms. The third-order valence-electron chi connectivity index (χ3n) is 6.33. The zero-order chi connectivity index (χ0) is 14.2. The maximum absolute atomic E-state index is 11.7. The molecule has 0 aromatic rings. The van der Waals surface area contributed by atoms with Gasteiger partial charge in [0.25, 0.3) is 0 Å². The van der Waals surface area contributed by atoms with E-state index in [4.69, 9.17) is 0 Å². The number of carbonyl (C=O) groups is 1. The van der Waals surface area contributed by atoms with Gasteiger partial charge in [-0.2, -0.15) is 0 Å². The van der Waals surface area contributed by atoms with Crippen LogP contribution in [0, 0.1) is 10.8 Å². The SMILES string of the molecule is CC1(C(=O)O)CCCCC1N1CC2(CCCCCC2)C1. The van der Waals surface area contributed by atoms with E-state index < -0.39 is 11.4 Å². The third-order valence-corrected chi connectivity index (χ3v) is 6.33. The van der Waals surface area contributed by atoms with Gasteiger partial charge in [-0.3, -0.25) is 9.69 Å². The van der Waals surface area contributed by atoms with Gasteiger partial charge in [-0.1, -0.05) is 38.5 Å². The Morgan fingerprint density at radius 3 is 2.20 bits per heavy atom. The van der Waals surface area contributed by atoms with Crippen LogP contribution in [0.25, 0.3) is 0 Å². The van der Waals surface area contributed by atoms with Crippen molar-refractivity contribution in [1.82, 2.24) is 4.90 Å². The van der Waals surface area contributed by atoms with E-state index in [0.29, 0.717) is 5.41 Å². The summed E-state index contributed by atoms with van der Waals surface area (Å²) in [4.78, 5) is 14.2. The van der Waals surface area contributed by atoms with Gasteiger partial charge in [-0.25, -0.2) is 0 Å². The van der Waals surface area contributed by atoms with Gasteiger partial charge in [0.1, 0.15) is 0 Å². The molecule has 0 bridgehead atoms. The van der Waals surface area contributed by atoms with Gasteiger partial charge in [0.15, 0.2) is 0 Å². The second-order valence-electron chi connectivity index (χ2n) is 7.80. The second-order valence-corrected chi connectivity index (χ2v) is 7.80. The molecule has 0 aromatic heterocycles. The Bertz CT molecular complexity index is 365. The molecule has 2 atom stereocenters. The van der Waals surface area contributed by atoms with E-state index in [1.54, 1.807) is 0 Å². The first-order valence-corrected chi connectivity index (χ1v) is 8.53. The zero-order valence-corrected chi connectivity index (χ0v) is 12.9. The lowest BCUT2D eigenvalue weighted by Gasteiger charge is -2.57. The highest BCUT2D eigenvalue weighted by molar-refractivity contribution is 5.75. The number of aliphatic carboxylic acids is 1. The van der Waals surface area contributed by atoms with Crippen LogP contribution in [0.3, 0.4) is 0 Å². The molecule has 114 valence electrons. The lowest BCUT2D eigenvalue weighted by Crippen LogP contribution is -2.64. The van der Waals surface area contributed by atoms with E-state index in [1.807, 2.05) is 6.92 Å². The topological polar surface area (TPSA) is 40.5 Å². The van der Waals surface area contributed by atoms with Crippen LogP contribution in [0.15, 0.2) is 0 Å². The minimum absolute atomic E-state index is 0.280. The van der Waals surface area contributed by atoms with Crippen molar-refractivity contribution in [2.24, 2.45) is 10.8 Å². The molecule has 0 radical (unpaired) electrons. The molecule has 1 spiro atoms. The molecule has 3 fully saturated rings. The van der Waals surface area contributed by atoms with E-state index in [1.165, 1.54) is 58.0 Å². The standard InChI is InChI=1S/C17H29NO2/c1-16(15(19)20)9-7-4-8-14(16)18-12-17(13-18)10-5-2-3-6-11-17/h14H,2-13H2,1H3,(H,19,20). The largest absolute Gasteiger partial charge is 0.481 e. The third kappa shape index (κ3) is 2.38. The van der Waals surface area contributed by atoms with Gasteiger partial charge in [0.2, 0.25) is 0 Å². The van der Waals surface area contributed by atoms with E-state index in [-0.39, 0.29) is 6.04 Å². The lowest BCUT2D eigenvalue weighted by molar-refractivity contribution is -0.162. The molecule has 3 rings (SSSR count). The second kappa shape index (κ2) is 5.32. The molecule has 2 aliphatic carbocycles. The van der Waals surface area contributed by atoms with Crippen molar-refractivity contribution in [3.05, 3.63) is 0 Å². The van der Waals surface area contributed by atoms with Crippen molar-refractivity contribution >= 4 is 5.97 Å². The quantitative estimate of drug-likeness (QED) is 0.838. The Balaban J connectivity index is 1.66. The minimum Gasteiger partial charge on any atom is -0.481 e. The summed E-state index contributed by atoms with van der Waals surface area (Å²) in [6, 6.07) is 0.280. The summed E-state index contributed by atoms with van der Waals surface area (Å²) in [5.41, 5.74) is 0.0396. The predicted molar refractivity (Wildman–Crippen MR) is 79.7 cm³/mol. The van der Waals surface area contributed by atoms with Crippen LogP contribution < -0.4 is 0 Å². The summed E-state index contributed by atoms with van der Waals surface area (Å²) in [5.74, 6) is -0.580. The Morgan fingerprint density at radius 2 is 1.60 bits per heavy atom. The highest BCUT2D eigenvalue weighted by Gasteiger charge is 2.52. The van der Waals surface area contributed by atoms with Crippen LogP contribution in [0.4, 0.5) is 0 Å². The average Bonchev–Trinajstić information content (AvgIpc) is 2.63. The molecule has 2 unspecified atom stereocenters. The Morgan fingerprint density at radius 1 is 1.00 bits per heavy atom. The van der Waals surface area contributed by atoms with Crippen molar-refractivity contribution in [2.45, 2.75) is 77.2 Å². The zero-order valence-electron chi connectivity index (χ0n) is 12.9. The summed E-state index contributed by atoms with van der Waals surface area (Å²) in [7, 11) is 0. The van der Waals surface area contributed by atoms with Gasteiger partial charge in [-0.15, -0.1) is 0 Å². The fraction of sp³-hybridized carbons (Fsp3) is 0.941.